The van der Waals surface area contributed by atoms with Crippen LogP contribution in [-0.4, -0.2) is 9.97 Å². The first-order chi connectivity index (χ1) is 20.0. The van der Waals surface area contributed by atoms with Gasteiger partial charge in [0.1, 0.15) is 0 Å². The third kappa shape index (κ3) is 5.10. The lowest BCUT2D eigenvalue weighted by Gasteiger charge is -2.32. The Morgan fingerprint density at radius 1 is 0.415 bits per heavy atom. The number of aromatic nitrogens is 2. The molecule has 0 N–H and O–H groups in total. The zero-order chi connectivity index (χ0) is 28.3. The molecule has 1 atom stereocenters. The van der Waals surface area contributed by atoms with Gasteiger partial charge in [-0.05, 0) is 64.6 Å². The smallest absolute Gasteiger partial charge is 0.0768 e. The van der Waals surface area contributed by atoms with Crippen LogP contribution in [0.2, 0.25) is 0 Å². The lowest BCUT2D eigenvalue weighted by Crippen LogP contribution is -2.30. The average molecular weight is 531 g/mol. The highest BCUT2D eigenvalue weighted by atomic mass is 14.8. The van der Waals surface area contributed by atoms with Crippen molar-refractivity contribution in [3.05, 3.63) is 180 Å². The van der Waals surface area contributed by atoms with E-state index in [1.807, 2.05) is 12.3 Å². The van der Waals surface area contributed by atoms with Crippen LogP contribution in [0.15, 0.2) is 152 Å². The third-order valence-electron chi connectivity index (χ3n) is 8.34. The third-order valence-corrected chi connectivity index (χ3v) is 8.34. The minimum Gasteiger partial charge on any atom is -0.260 e. The monoisotopic (exact) mass is 530 g/mol. The zero-order valence-corrected chi connectivity index (χ0v) is 23.8. The number of nitrogens with zero attached hydrogens (tertiary/aromatic N) is 2. The van der Waals surface area contributed by atoms with E-state index in [1.165, 1.54) is 33.4 Å². The second-order valence-corrected chi connectivity index (χ2v) is 11.3. The number of benzene rings is 4. The maximum atomic E-state index is 5.35. The standard InChI is InChI=1S/C39H34N2/c1-38(2,34-19-12-16-32(28-34)31-25-23-30(24-26-31)29-14-6-4-7-15-29)35-21-13-22-37(41-35)39(3,33-17-8-5-9-18-33)36-20-10-11-27-40-36/h4-28H,1-3H3. The van der Waals surface area contributed by atoms with E-state index in [-0.39, 0.29) is 5.41 Å². The molecule has 0 aliphatic rings. The van der Waals surface area contributed by atoms with Gasteiger partial charge in [-0.15, -0.1) is 0 Å². The van der Waals surface area contributed by atoms with Crippen LogP contribution in [0.1, 0.15) is 49.0 Å². The van der Waals surface area contributed by atoms with Gasteiger partial charge in [0.15, 0.2) is 0 Å². The summed E-state index contributed by atoms with van der Waals surface area (Å²) in [7, 11) is 0. The lowest BCUT2D eigenvalue weighted by molar-refractivity contribution is 0.586. The van der Waals surface area contributed by atoms with Crippen LogP contribution in [-0.2, 0) is 10.8 Å². The van der Waals surface area contributed by atoms with Crippen LogP contribution < -0.4 is 0 Å². The summed E-state index contributed by atoms with van der Waals surface area (Å²) in [5, 5.41) is 0. The summed E-state index contributed by atoms with van der Waals surface area (Å²) in [6.07, 6.45) is 1.86. The summed E-state index contributed by atoms with van der Waals surface area (Å²) in [5.41, 5.74) is 9.46. The van der Waals surface area contributed by atoms with Gasteiger partial charge in [0.05, 0.1) is 22.5 Å². The molecule has 0 saturated carbocycles. The highest BCUT2D eigenvalue weighted by Gasteiger charge is 2.35. The van der Waals surface area contributed by atoms with Gasteiger partial charge in [-0.3, -0.25) is 9.97 Å². The van der Waals surface area contributed by atoms with Crippen LogP contribution in [0, 0.1) is 0 Å². The fourth-order valence-corrected chi connectivity index (χ4v) is 5.64. The molecule has 0 bridgehead atoms. The first kappa shape index (κ1) is 26.4. The maximum absolute atomic E-state index is 5.35. The van der Waals surface area contributed by atoms with Crippen molar-refractivity contribution in [1.29, 1.82) is 0 Å². The van der Waals surface area contributed by atoms with Gasteiger partial charge in [-0.1, -0.05) is 135 Å². The molecule has 1 unspecified atom stereocenters. The summed E-state index contributed by atoms with van der Waals surface area (Å²) < 4.78 is 0. The van der Waals surface area contributed by atoms with Crippen LogP contribution in [0.25, 0.3) is 22.3 Å². The Labute approximate surface area is 243 Å². The molecule has 0 saturated heterocycles. The lowest BCUT2D eigenvalue weighted by atomic mass is 9.75. The predicted octanol–water partition coefficient (Wildman–Crippen LogP) is 9.49. The maximum Gasteiger partial charge on any atom is 0.0768 e. The number of rotatable bonds is 7. The van der Waals surface area contributed by atoms with E-state index in [1.54, 1.807) is 0 Å². The van der Waals surface area contributed by atoms with Gasteiger partial charge in [0.25, 0.3) is 0 Å². The average Bonchev–Trinajstić information content (AvgIpc) is 3.06. The van der Waals surface area contributed by atoms with Crippen LogP contribution in [0.4, 0.5) is 0 Å². The molecular weight excluding hydrogens is 496 g/mol. The summed E-state index contributed by atoms with van der Waals surface area (Å²) in [6.45, 7) is 6.75. The van der Waals surface area contributed by atoms with Crippen molar-refractivity contribution < 1.29 is 0 Å². The molecule has 6 rings (SSSR count). The largest absolute Gasteiger partial charge is 0.260 e. The minimum absolute atomic E-state index is 0.308. The molecule has 0 aliphatic heterocycles. The molecule has 0 spiro atoms. The molecule has 0 aliphatic carbocycles. The van der Waals surface area contributed by atoms with Crippen molar-refractivity contribution in [3.8, 4) is 22.3 Å². The molecule has 2 nitrogen and oxygen atoms in total. The molecule has 4 aromatic carbocycles. The van der Waals surface area contributed by atoms with E-state index < -0.39 is 5.41 Å². The Morgan fingerprint density at radius 3 is 1.61 bits per heavy atom. The van der Waals surface area contributed by atoms with Gasteiger partial charge in [-0.25, -0.2) is 0 Å². The number of hydrogen-bond donors (Lipinski definition) is 0. The van der Waals surface area contributed by atoms with Crippen molar-refractivity contribution in [2.75, 3.05) is 0 Å². The van der Waals surface area contributed by atoms with Gasteiger partial charge >= 0.3 is 0 Å². The molecule has 2 heterocycles. The molecule has 0 fully saturated rings. The van der Waals surface area contributed by atoms with Gasteiger partial charge < -0.3 is 0 Å². The quantitative estimate of drug-likeness (QED) is 0.205. The molecule has 200 valence electrons. The van der Waals surface area contributed by atoms with E-state index in [0.717, 1.165) is 17.1 Å². The Kier molecular flexibility index (Phi) is 7.07. The minimum atomic E-state index is -0.489. The van der Waals surface area contributed by atoms with Crippen LogP contribution in [0.3, 0.4) is 0 Å². The molecule has 0 amide bonds. The SMILES string of the molecule is CC(C)(c1cccc(-c2ccc(-c3ccccc3)cc2)c1)c1cccc(C(C)(c2ccccc2)c2ccccn2)n1. The van der Waals surface area contributed by atoms with Gasteiger partial charge in [0, 0.05) is 11.6 Å². The first-order valence-electron chi connectivity index (χ1n) is 14.2. The normalized spacial score (nSPS) is 13.0. The summed E-state index contributed by atoms with van der Waals surface area (Å²) in [4.78, 5) is 10.1. The molecule has 2 heteroatoms. The van der Waals surface area contributed by atoms with Crippen LogP contribution in [0.5, 0.6) is 0 Å². The molecular formula is C39H34N2. The number of pyridine rings is 2. The Bertz CT molecular complexity index is 1700. The topological polar surface area (TPSA) is 25.8 Å². The fraction of sp³-hybridized carbons (Fsp3) is 0.128. The highest BCUT2D eigenvalue weighted by molar-refractivity contribution is 5.71. The van der Waals surface area contributed by atoms with Gasteiger partial charge in [0.2, 0.25) is 0 Å². The summed E-state index contributed by atoms with van der Waals surface area (Å²) in [6, 6.07) is 51.3. The van der Waals surface area contributed by atoms with E-state index in [9.17, 15) is 0 Å². The summed E-state index contributed by atoms with van der Waals surface area (Å²) >= 11 is 0. The Morgan fingerprint density at radius 2 is 0.927 bits per heavy atom. The van der Waals surface area contributed by atoms with E-state index in [4.69, 9.17) is 9.97 Å². The van der Waals surface area contributed by atoms with E-state index in [2.05, 4.69) is 160 Å². The van der Waals surface area contributed by atoms with E-state index in [0.29, 0.717) is 0 Å². The van der Waals surface area contributed by atoms with Crippen molar-refractivity contribution in [1.82, 2.24) is 9.97 Å². The van der Waals surface area contributed by atoms with Crippen molar-refractivity contribution in [2.24, 2.45) is 0 Å². The fourth-order valence-electron chi connectivity index (χ4n) is 5.64. The van der Waals surface area contributed by atoms with Crippen LogP contribution >= 0.6 is 0 Å². The van der Waals surface area contributed by atoms with Crippen molar-refractivity contribution in [3.63, 3.8) is 0 Å². The Hall–Kier alpha value is -4.82. The predicted molar refractivity (Wildman–Crippen MR) is 170 cm³/mol. The van der Waals surface area contributed by atoms with Gasteiger partial charge in [-0.2, -0.15) is 0 Å². The summed E-state index contributed by atoms with van der Waals surface area (Å²) in [5.74, 6) is 0. The molecule has 6 aromatic rings. The molecule has 41 heavy (non-hydrogen) atoms. The second kappa shape index (κ2) is 11.0. The van der Waals surface area contributed by atoms with Crippen molar-refractivity contribution in [2.45, 2.75) is 31.6 Å². The highest BCUT2D eigenvalue weighted by Crippen LogP contribution is 2.39. The zero-order valence-electron chi connectivity index (χ0n) is 23.8. The first-order valence-corrected chi connectivity index (χ1v) is 14.2. The number of hydrogen-bond acceptors (Lipinski definition) is 2. The van der Waals surface area contributed by atoms with Crippen molar-refractivity contribution >= 4 is 0 Å². The Balaban J connectivity index is 1.37. The van der Waals surface area contributed by atoms with E-state index >= 15 is 0 Å². The molecule has 2 aromatic heterocycles. The molecule has 0 radical (unpaired) electrons. The second-order valence-electron chi connectivity index (χ2n) is 11.3.